The van der Waals surface area contributed by atoms with Gasteiger partial charge in [-0.3, -0.25) is 14.7 Å². The van der Waals surface area contributed by atoms with Gasteiger partial charge in [-0.25, -0.2) is 4.98 Å². The van der Waals surface area contributed by atoms with Crippen molar-refractivity contribution in [3.8, 4) is 22.9 Å². The van der Waals surface area contributed by atoms with Crippen LogP contribution in [0, 0.1) is 0 Å². The number of nitrogens with zero attached hydrogens (tertiary/aromatic N) is 3. The number of methoxy groups -OCH3 is 2. The number of nitrogens with one attached hydrogen (secondary N) is 1. The number of benzene rings is 1. The number of H-pyrrole nitrogens is 1. The summed E-state index contributed by atoms with van der Waals surface area (Å²) in [5, 5.41) is 0.507. The Morgan fingerprint density at radius 3 is 2.86 bits per heavy atom. The molecule has 8 heteroatoms. The first kappa shape index (κ1) is 19.4. The summed E-state index contributed by atoms with van der Waals surface area (Å²) in [6.07, 6.45) is 4.03. The van der Waals surface area contributed by atoms with Gasteiger partial charge in [-0.2, -0.15) is 0 Å². The molecule has 0 fully saturated rings. The summed E-state index contributed by atoms with van der Waals surface area (Å²) in [4.78, 5) is 26.5. The van der Waals surface area contributed by atoms with Crippen molar-refractivity contribution in [3.63, 3.8) is 0 Å². The van der Waals surface area contributed by atoms with Crippen LogP contribution in [0.4, 0.5) is 0 Å². The zero-order valence-electron chi connectivity index (χ0n) is 16.2. The SMILES string of the molecule is COc1cc(CN2CCc3c(nc(-c4cccnc4)[nH]c3=O)C2)cc(Cl)c1OC. The van der Waals surface area contributed by atoms with Crippen molar-refractivity contribution in [3.05, 3.63) is 68.9 Å². The summed E-state index contributed by atoms with van der Waals surface area (Å²) in [5.74, 6) is 1.66. The van der Waals surface area contributed by atoms with Crippen LogP contribution in [0.3, 0.4) is 0 Å². The van der Waals surface area contributed by atoms with Gasteiger partial charge >= 0.3 is 0 Å². The molecule has 0 saturated heterocycles. The summed E-state index contributed by atoms with van der Waals surface area (Å²) < 4.78 is 10.7. The van der Waals surface area contributed by atoms with Gasteiger partial charge in [0.15, 0.2) is 11.5 Å². The van der Waals surface area contributed by atoms with Crippen molar-refractivity contribution in [2.24, 2.45) is 0 Å². The number of aromatic amines is 1. The van der Waals surface area contributed by atoms with Gasteiger partial charge in [0, 0.05) is 43.2 Å². The number of aromatic nitrogens is 3. The Morgan fingerprint density at radius 2 is 2.14 bits per heavy atom. The highest BCUT2D eigenvalue weighted by molar-refractivity contribution is 6.32. The molecule has 2 aromatic heterocycles. The lowest BCUT2D eigenvalue weighted by Gasteiger charge is -2.28. The van der Waals surface area contributed by atoms with Crippen molar-refractivity contribution < 1.29 is 9.47 Å². The summed E-state index contributed by atoms with van der Waals surface area (Å²) in [6.45, 7) is 2.00. The molecule has 7 nitrogen and oxygen atoms in total. The molecule has 1 aromatic carbocycles. The molecule has 150 valence electrons. The van der Waals surface area contributed by atoms with Crippen LogP contribution in [0.1, 0.15) is 16.8 Å². The largest absolute Gasteiger partial charge is 0.493 e. The number of rotatable bonds is 5. The van der Waals surface area contributed by atoms with E-state index in [9.17, 15) is 4.79 Å². The highest BCUT2D eigenvalue weighted by Crippen LogP contribution is 2.36. The average Bonchev–Trinajstić information content (AvgIpc) is 2.73. The molecular formula is C21H21ClN4O3. The minimum Gasteiger partial charge on any atom is -0.493 e. The average molecular weight is 413 g/mol. The fourth-order valence-corrected chi connectivity index (χ4v) is 3.90. The van der Waals surface area contributed by atoms with Crippen LogP contribution < -0.4 is 15.0 Å². The molecule has 1 N–H and O–H groups in total. The number of halogens is 1. The number of hydrogen-bond acceptors (Lipinski definition) is 6. The lowest BCUT2D eigenvalue weighted by atomic mass is 10.0. The quantitative estimate of drug-likeness (QED) is 0.693. The van der Waals surface area contributed by atoms with Gasteiger partial charge in [-0.15, -0.1) is 0 Å². The first-order valence-electron chi connectivity index (χ1n) is 9.24. The fraction of sp³-hybridized carbons (Fsp3) is 0.286. The number of ether oxygens (including phenoxy) is 2. The minimum atomic E-state index is -0.0809. The second-order valence-electron chi connectivity index (χ2n) is 6.86. The molecule has 0 spiro atoms. The first-order chi connectivity index (χ1) is 14.1. The van der Waals surface area contributed by atoms with E-state index in [0.29, 0.717) is 41.9 Å². The lowest BCUT2D eigenvalue weighted by molar-refractivity contribution is 0.240. The van der Waals surface area contributed by atoms with E-state index in [-0.39, 0.29) is 5.56 Å². The van der Waals surface area contributed by atoms with Crippen LogP contribution >= 0.6 is 11.6 Å². The van der Waals surface area contributed by atoms with Crippen molar-refractivity contribution in [1.29, 1.82) is 0 Å². The Hall–Kier alpha value is -2.90. The van der Waals surface area contributed by atoms with Crippen LogP contribution in [0.5, 0.6) is 11.5 Å². The molecular weight excluding hydrogens is 392 g/mol. The highest BCUT2D eigenvalue weighted by atomic mass is 35.5. The Bertz CT molecular complexity index is 1090. The molecule has 3 aromatic rings. The molecule has 29 heavy (non-hydrogen) atoms. The summed E-state index contributed by atoms with van der Waals surface area (Å²) in [7, 11) is 3.15. The standard InChI is InChI=1S/C21H21ClN4O3/c1-28-18-9-13(8-16(22)19(18)29-2)11-26-7-5-15-17(12-26)24-20(25-21(15)27)14-4-3-6-23-10-14/h3-4,6,8-10H,5,7,11-12H2,1-2H3,(H,24,25,27). The predicted molar refractivity (Wildman–Crippen MR) is 110 cm³/mol. The minimum absolute atomic E-state index is 0.0809. The second kappa shape index (κ2) is 8.23. The number of fused-ring (bicyclic) bond motifs is 1. The predicted octanol–water partition coefficient (Wildman–Crippen LogP) is 3.06. The van der Waals surface area contributed by atoms with Crippen molar-refractivity contribution in [2.75, 3.05) is 20.8 Å². The molecule has 1 aliphatic heterocycles. The third-order valence-electron chi connectivity index (χ3n) is 4.99. The third-order valence-corrected chi connectivity index (χ3v) is 5.27. The molecule has 3 heterocycles. The fourth-order valence-electron chi connectivity index (χ4n) is 3.59. The van der Waals surface area contributed by atoms with E-state index in [1.54, 1.807) is 26.6 Å². The topological polar surface area (TPSA) is 80.3 Å². The summed E-state index contributed by atoms with van der Waals surface area (Å²) in [6, 6.07) is 7.50. The molecule has 0 unspecified atom stereocenters. The van der Waals surface area contributed by atoms with Crippen LogP contribution in [0.25, 0.3) is 11.4 Å². The Labute approximate surface area is 173 Å². The van der Waals surface area contributed by atoms with E-state index >= 15 is 0 Å². The molecule has 1 aliphatic rings. The molecule has 4 rings (SSSR count). The van der Waals surface area contributed by atoms with Crippen LogP contribution in [0.15, 0.2) is 41.5 Å². The van der Waals surface area contributed by atoms with E-state index in [4.69, 9.17) is 26.1 Å². The molecule has 0 amide bonds. The third kappa shape index (κ3) is 3.97. The Morgan fingerprint density at radius 1 is 1.28 bits per heavy atom. The summed E-state index contributed by atoms with van der Waals surface area (Å²) in [5.41, 5.74) is 3.26. The smallest absolute Gasteiger partial charge is 0.254 e. The van der Waals surface area contributed by atoms with E-state index in [1.165, 1.54) is 0 Å². The molecule has 0 atom stereocenters. The van der Waals surface area contributed by atoms with E-state index in [2.05, 4.69) is 14.9 Å². The van der Waals surface area contributed by atoms with Crippen LogP contribution in [-0.4, -0.2) is 40.6 Å². The van der Waals surface area contributed by atoms with E-state index in [0.717, 1.165) is 28.9 Å². The van der Waals surface area contributed by atoms with Crippen LogP contribution in [0.2, 0.25) is 5.02 Å². The van der Waals surface area contributed by atoms with Gasteiger partial charge < -0.3 is 14.5 Å². The van der Waals surface area contributed by atoms with E-state index in [1.807, 2.05) is 24.3 Å². The lowest BCUT2D eigenvalue weighted by Crippen LogP contribution is -2.35. The maximum atomic E-state index is 12.5. The van der Waals surface area contributed by atoms with Crippen molar-refractivity contribution in [1.82, 2.24) is 19.9 Å². The van der Waals surface area contributed by atoms with Gasteiger partial charge in [-0.1, -0.05) is 11.6 Å². The van der Waals surface area contributed by atoms with Crippen LogP contribution in [-0.2, 0) is 19.5 Å². The summed E-state index contributed by atoms with van der Waals surface area (Å²) >= 11 is 6.33. The number of hydrogen-bond donors (Lipinski definition) is 1. The van der Waals surface area contributed by atoms with Crippen molar-refractivity contribution >= 4 is 11.6 Å². The Balaban J connectivity index is 1.60. The van der Waals surface area contributed by atoms with Gasteiger partial charge in [0.25, 0.3) is 5.56 Å². The Kier molecular flexibility index (Phi) is 5.51. The van der Waals surface area contributed by atoms with Gasteiger partial charge in [-0.05, 0) is 36.2 Å². The van der Waals surface area contributed by atoms with Gasteiger partial charge in [0.1, 0.15) is 5.82 Å². The maximum Gasteiger partial charge on any atom is 0.254 e. The first-order valence-corrected chi connectivity index (χ1v) is 9.62. The normalized spacial score (nSPS) is 13.8. The maximum absolute atomic E-state index is 12.5. The highest BCUT2D eigenvalue weighted by Gasteiger charge is 2.22. The second-order valence-corrected chi connectivity index (χ2v) is 7.26. The van der Waals surface area contributed by atoms with Crippen molar-refractivity contribution in [2.45, 2.75) is 19.5 Å². The zero-order valence-corrected chi connectivity index (χ0v) is 17.0. The number of pyridine rings is 1. The molecule has 0 aliphatic carbocycles. The monoisotopic (exact) mass is 412 g/mol. The van der Waals surface area contributed by atoms with Gasteiger partial charge in [0.05, 0.1) is 24.9 Å². The molecule has 0 bridgehead atoms. The zero-order chi connectivity index (χ0) is 20.4. The molecule has 0 radical (unpaired) electrons. The molecule has 0 saturated carbocycles. The van der Waals surface area contributed by atoms with E-state index < -0.39 is 0 Å². The van der Waals surface area contributed by atoms with Gasteiger partial charge in [0.2, 0.25) is 0 Å².